The van der Waals surface area contributed by atoms with Gasteiger partial charge in [0.15, 0.2) is 0 Å². The zero-order chi connectivity index (χ0) is 15.8. The second kappa shape index (κ2) is 5.53. The first kappa shape index (κ1) is 14.0. The summed E-state index contributed by atoms with van der Waals surface area (Å²) in [5, 5.41) is 13.6. The van der Waals surface area contributed by atoms with E-state index in [1.54, 1.807) is 12.1 Å². The van der Waals surface area contributed by atoms with E-state index in [-0.39, 0.29) is 5.56 Å². The molecule has 0 atom stereocenters. The van der Waals surface area contributed by atoms with Gasteiger partial charge in [-0.25, -0.2) is 4.39 Å². The van der Waals surface area contributed by atoms with E-state index in [0.29, 0.717) is 0 Å². The van der Waals surface area contributed by atoms with E-state index in [9.17, 15) is 4.39 Å². The van der Waals surface area contributed by atoms with Crippen LogP contribution in [0.5, 0.6) is 0 Å². The fourth-order valence-electron chi connectivity index (χ4n) is 3.30. The molecule has 2 aromatic carbocycles. The number of rotatable bonds is 1. The van der Waals surface area contributed by atoms with Gasteiger partial charge in [0.2, 0.25) is 0 Å². The van der Waals surface area contributed by atoms with Crippen molar-refractivity contribution < 1.29 is 4.39 Å². The van der Waals surface area contributed by atoms with Gasteiger partial charge in [0.25, 0.3) is 0 Å². The van der Waals surface area contributed by atoms with E-state index in [1.165, 1.54) is 22.7 Å². The maximum atomic E-state index is 13.5. The van der Waals surface area contributed by atoms with Crippen LogP contribution in [0.15, 0.2) is 42.5 Å². The van der Waals surface area contributed by atoms with Crippen LogP contribution in [0.25, 0.3) is 22.0 Å². The lowest BCUT2D eigenvalue weighted by molar-refractivity contribution is 0.624. The van der Waals surface area contributed by atoms with E-state index in [1.807, 2.05) is 12.1 Å². The summed E-state index contributed by atoms with van der Waals surface area (Å²) < 4.78 is 15.9. The third-order valence-electron chi connectivity index (χ3n) is 4.48. The number of hydrogen-bond acceptors (Lipinski definition) is 2. The van der Waals surface area contributed by atoms with E-state index in [4.69, 9.17) is 5.26 Å². The van der Waals surface area contributed by atoms with Gasteiger partial charge in [0, 0.05) is 42.7 Å². The predicted molar refractivity (Wildman–Crippen MR) is 88.6 cm³/mol. The molecule has 3 aromatic rings. The first-order valence-electron chi connectivity index (χ1n) is 7.79. The summed E-state index contributed by atoms with van der Waals surface area (Å²) in [5.41, 5.74) is 4.54. The fourth-order valence-corrected chi connectivity index (χ4v) is 3.30. The Morgan fingerprint density at radius 2 is 1.87 bits per heavy atom. The Kier molecular flexibility index (Phi) is 3.36. The molecule has 0 aliphatic carbocycles. The van der Waals surface area contributed by atoms with Crippen LogP contribution in [0, 0.1) is 17.1 Å². The van der Waals surface area contributed by atoms with Crippen molar-refractivity contribution in [2.75, 3.05) is 13.1 Å². The Morgan fingerprint density at radius 1 is 1.04 bits per heavy atom. The van der Waals surface area contributed by atoms with Gasteiger partial charge in [-0.3, -0.25) is 0 Å². The maximum Gasteiger partial charge on any atom is 0.140 e. The Bertz CT molecular complexity index is 934. The van der Waals surface area contributed by atoms with Crippen molar-refractivity contribution in [2.24, 2.45) is 0 Å². The lowest BCUT2D eigenvalue weighted by atomic mass is 10.0. The average molecular weight is 305 g/mol. The fraction of sp³-hybridized carbons (Fsp3) is 0.211. The zero-order valence-electron chi connectivity index (χ0n) is 12.6. The molecule has 114 valence electrons. The van der Waals surface area contributed by atoms with Crippen molar-refractivity contribution in [3.63, 3.8) is 0 Å². The Balaban J connectivity index is 1.82. The summed E-state index contributed by atoms with van der Waals surface area (Å²) in [6.07, 6.45) is 1.03. The van der Waals surface area contributed by atoms with Gasteiger partial charge in [-0.15, -0.1) is 0 Å². The lowest BCUT2D eigenvalue weighted by Gasteiger charge is -2.07. The van der Waals surface area contributed by atoms with Gasteiger partial charge in [0.1, 0.15) is 11.9 Å². The third kappa shape index (κ3) is 2.39. The monoisotopic (exact) mass is 305 g/mol. The highest BCUT2D eigenvalue weighted by Gasteiger charge is 2.12. The first-order chi connectivity index (χ1) is 11.3. The molecule has 4 rings (SSSR count). The third-order valence-corrected chi connectivity index (χ3v) is 4.48. The molecule has 1 N–H and O–H groups in total. The number of nitrogens with zero attached hydrogens (tertiary/aromatic N) is 2. The molecule has 0 radical (unpaired) electrons. The minimum atomic E-state index is -0.472. The molecule has 23 heavy (non-hydrogen) atoms. The normalized spacial score (nSPS) is 14.3. The predicted octanol–water partition coefficient (Wildman–Crippen LogP) is 3.46. The highest BCUT2D eigenvalue weighted by atomic mass is 19.1. The molecule has 0 saturated carbocycles. The molecule has 1 aliphatic rings. The lowest BCUT2D eigenvalue weighted by Crippen LogP contribution is -2.17. The number of benzene rings is 2. The summed E-state index contributed by atoms with van der Waals surface area (Å²) in [7, 11) is 0. The van der Waals surface area contributed by atoms with Gasteiger partial charge in [-0.2, -0.15) is 5.26 Å². The Morgan fingerprint density at radius 3 is 2.74 bits per heavy atom. The van der Waals surface area contributed by atoms with Gasteiger partial charge in [-0.1, -0.05) is 12.1 Å². The number of hydrogen-bond donors (Lipinski definition) is 1. The first-order valence-corrected chi connectivity index (χ1v) is 7.79. The molecule has 0 spiro atoms. The molecule has 4 heteroatoms. The van der Waals surface area contributed by atoms with Crippen LogP contribution >= 0.6 is 0 Å². The number of aromatic nitrogens is 1. The van der Waals surface area contributed by atoms with Crippen LogP contribution in [0.2, 0.25) is 0 Å². The van der Waals surface area contributed by atoms with Crippen LogP contribution in [0.4, 0.5) is 4.39 Å². The highest BCUT2D eigenvalue weighted by molar-refractivity contribution is 5.86. The molecular formula is C19H16FN3. The summed E-state index contributed by atoms with van der Waals surface area (Å²) >= 11 is 0. The topological polar surface area (TPSA) is 40.8 Å². The molecule has 1 aliphatic heterocycles. The minimum absolute atomic E-state index is 0.0846. The molecule has 1 aromatic heterocycles. The van der Waals surface area contributed by atoms with E-state index in [2.05, 4.69) is 28.1 Å². The van der Waals surface area contributed by atoms with Crippen LogP contribution in [-0.2, 0) is 13.0 Å². The standard InChI is InChI=1S/C19H16FN3/c20-18-3-1-13(10-16(18)12-21)14-2-4-19-15(9-14)11-17-5-6-22-7-8-23(17)19/h1-4,9-11,22H,5-8H2. The molecule has 0 fully saturated rings. The molecule has 0 unspecified atom stereocenters. The molecule has 0 saturated heterocycles. The SMILES string of the molecule is N#Cc1cc(-c2ccc3c(c2)cc2n3CCNCC2)ccc1F. The Labute approximate surface area is 134 Å². The summed E-state index contributed by atoms with van der Waals surface area (Å²) in [6, 6.07) is 15.1. The molecular weight excluding hydrogens is 289 g/mol. The molecule has 2 heterocycles. The number of fused-ring (bicyclic) bond motifs is 3. The Hall–Kier alpha value is -2.64. The number of halogens is 1. The van der Waals surface area contributed by atoms with E-state index in [0.717, 1.165) is 37.2 Å². The summed E-state index contributed by atoms with van der Waals surface area (Å²) in [6.45, 7) is 2.97. The minimum Gasteiger partial charge on any atom is -0.343 e. The van der Waals surface area contributed by atoms with Crippen molar-refractivity contribution in [3.05, 3.63) is 59.5 Å². The maximum absolute atomic E-state index is 13.5. The van der Waals surface area contributed by atoms with Crippen LogP contribution < -0.4 is 5.32 Å². The highest BCUT2D eigenvalue weighted by Crippen LogP contribution is 2.28. The van der Waals surface area contributed by atoms with E-state index < -0.39 is 5.82 Å². The van der Waals surface area contributed by atoms with Gasteiger partial charge in [0.05, 0.1) is 5.56 Å². The molecule has 0 bridgehead atoms. The van der Waals surface area contributed by atoms with Crippen LogP contribution in [0.3, 0.4) is 0 Å². The van der Waals surface area contributed by atoms with Gasteiger partial charge in [-0.05, 0) is 41.5 Å². The largest absolute Gasteiger partial charge is 0.343 e. The van der Waals surface area contributed by atoms with Crippen molar-refractivity contribution >= 4 is 10.9 Å². The van der Waals surface area contributed by atoms with Crippen molar-refractivity contribution in [1.82, 2.24) is 9.88 Å². The van der Waals surface area contributed by atoms with E-state index >= 15 is 0 Å². The quantitative estimate of drug-likeness (QED) is 0.748. The smallest absolute Gasteiger partial charge is 0.140 e. The second-order valence-corrected chi connectivity index (χ2v) is 5.87. The van der Waals surface area contributed by atoms with Gasteiger partial charge < -0.3 is 9.88 Å². The van der Waals surface area contributed by atoms with Gasteiger partial charge >= 0.3 is 0 Å². The molecule has 3 nitrogen and oxygen atoms in total. The molecule has 0 amide bonds. The average Bonchev–Trinajstić information content (AvgIpc) is 2.75. The second-order valence-electron chi connectivity index (χ2n) is 5.87. The van der Waals surface area contributed by atoms with Crippen molar-refractivity contribution in [3.8, 4) is 17.2 Å². The summed E-state index contributed by atoms with van der Waals surface area (Å²) in [5.74, 6) is -0.472. The van der Waals surface area contributed by atoms with Crippen molar-refractivity contribution in [1.29, 1.82) is 5.26 Å². The van der Waals surface area contributed by atoms with Crippen LogP contribution in [-0.4, -0.2) is 17.7 Å². The summed E-state index contributed by atoms with van der Waals surface area (Å²) in [4.78, 5) is 0. The van der Waals surface area contributed by atoms with Crippen LogP contribution in [0.1, 0.15) is 11.3 Å². The number of nitrogens with one attached hydrogen (secondary N) is 1. The van der Waals surface area contributed by atoms with Crippen molar-refractivity contribution in [2.45, 2.75) is 13.0 Å². The number of nitriles is 1. The zero-order valence-corrected chi connectivity index (χ0v) is 12.6.